The summed E-state index contributed by atoms with van der Waals surface area (Å²) in [6.07, 6.45) is 1.05. The summed E-state index contributed by atoms with van der Waals surface area (Å²) < 4.78 is 4.96. The molecule has 2 rings (SSSR count). The first-order valence-electron chi connectivity index (χ1n) is 6.16. The van der Waals surface area contributed by atoms with Crippen molar-refractivity contribution in [2.75, 3.05) is 33.3 Å². The lowest BCUT2D eigenvalue weighted by Crippen LogP contribution is -2.37. The van der Waals surface area contributed by atoms with Gasteiger partial charge in [-0.1, -0.05) is 0 Å². The van der Waals surface area contributed by atoms with Crippen LogP contribution in [-0.4, -0.2) is 49.1 Å². The Morgan fingerprint density at radius 1 is 1.56 bits per heavy atom. The number of rotatable bonds is 3. The first-order valence-corrected chi connectivity index (χ1v) is 7.04. The SMILES string of the molecule is COC(=O)C(c1scnc1C)N1CCCNCC1. The highest BCUT2D eigenvalue weighted by molar-refractivity contribution is 7.10. The van der Waals surface area contributed by atoms with E-state index in [1.54, 1.807) is 5.51 Å². The second kappa shape index (κ2) is 6.26. The van der Waals surface area contributed by atoms with E-state index in [9.17, 15) is 4.79 Å². The average molecular weight is 269 g/mol. The van der Waals surface area contributed by atoms with Crippen molar-refractivity contribution in [1.82, 2.24) is 15.2 Å². The highest BCUT2D eigenvalue weighted by atomic mass is 32.1. The number of methoxy groups -OCH3 is 1. The van der Waals surface area contributed by atoms with Gasteiger partial charge in [0.25, 0.3) is 0 Å². The Morgan fingerprint density at radius 2 is 2.39 bits per heavy atom. The van der Waals surface area contributed by atoms with E-state index >= 15 is 0 Å². The van der Waals surface area contributed by atoms with Gasteiger partial charge in [0, 0.05) is 19.6 Å². The van der Waals surface area contributed by atoms with Crippen LogP contribution in [0.25, 0.3) is 0 Å². The van der Waals surface area contributed by atoms with Crippen molar-refractivity contribution in [2.24, 2.45) is 0 Å². The van der Waals surface area contributed by atoms with Crippen LogP contribution in [0.2, 0.25) is 0 Å². The van der Waals surface area contributed by atoms with Crippen LogP contribution >= 0.6 is 11.3 Å². The van der Waals surface area contributed by atoms with Crippen LogP contribution in [0.4, 0.5) is 0 Å². The molecule has 1 saturated heterocycles. The second-order valence-corrected chi connectivity index (χ2v) is 5.25. The third-order valence-corrected chi connectivity index (χ3v) is 4.18. The zero-order chi connectivity index (χ0) is 13.0. The number of nitrogens with zero attached hydrogens (tertiary/aromatic N) is 2. The molecule has 0 spiro atoms. The van der Waals surface area contributed by atoms with Crippen molar-refractivity contribution in [3.8, 4) is 0 Å². The maximum Gasteiger partial charge on any atom is 0.328 e. The molecule has 1 atom stereocenters. The Balaban J connectivity index is 2.24. The minimum Gasteiger partial charge on any atom is -0.468 e. The van der Waals surface area contributed by atoms with Crippen molar-refractivity contribution in [2.45, 2.75) is 19.4 Å². The third kappa shape index (κ3) is 2.88. The molecule has 0 aliphatic carbocycles. The van der Waals surface area contributed by atoms with Gasteiger partial charge in [0.15, 0.2) is 0 Å². The standard InChI is InChI=1S/C12H19N3O2S/c1-9-11(18-8-14-9)10(12(16)17-2)15-6-3-4-13-5-7-15/h8,10,13H,3-7H2,1-2H3. The summed E-state index contributed by atoms with van der Waals surface area (Å²) in [6, 6.07) is -0.303. The van der Waals surface area contributed by atoms with Crippen molar-refractivity contribution in [3.05, 3.63) is 16.1 Å². The zero-order valence-corrected chi connectivity index (χ0v) is 11.6. The Bertz CT molecular complexity index is 400. The normalized spacial score (nSPS) is 19.2. The summed E-state index contributed by atoms with van der Waals surface area (Å²) in [7, 11) is 1.45. The molecular weight excluding hydrogens is 250 g/mol. The smallest absolute Gasteiger partial charge is 0.328 e. The summed E-state index contributed by atoms with van der Waals surface area (Å²) in [4.78, 5) is 19.5. The predicted molar refractivity (Wildman–Crippen MR) is 70.7 cm³/mol. The van der Waals surface area contributed by atoms with Crippen LogP contribution in [0.5, 0.6) is 0 Å². The monoisotopic (exact) mass is 269 g/mol. The highest BCUT2D eigenvalue weighted by Gasteiger charge is 2.31. The van der Waals surface area contributed by atoms with Gasteiger partial charge >= 0.3 is 5.97 Å². The van der Waals surface area contributed by atoms with E-state index in [1.165, 1.54) is 18.4 Å². The minimum absolute atomic E-state index is 0.191. The summed E-state index contributed by atoms with van der Waals surface area (Å²) in [5, 5.41) is 3.34. The molecule has 5 nitrogen and oxygen atoms in total. The lowest BCUT2D eigenvalue weighted by molar-refractivity contribution is -0.147. The molecule has 1 aliphatic rings. The summed E-state index contributed by atoms with van der Waals surface area (Å²) in [5.74, 6) is -0.191. The first-order chi connectivity index (χ1) is 8.74. The number of aryl methyl sites for hydroxylation is 1. The first kappa shape index (κ1) is 13.5. The second-order valence-electron chi connectivity index (χ2n) is 4.37. The number of carbonyl (C=O) groups excluding carboxylic acids is 1. The number of nitrogens with one attached hydrogen (secondary N) is 1. The summed E-state index contributed by atoms with van der Waals surface area (Å²) in [5.41, 5.74) is 2.71. The fraction of sp³-hybridized carbons (Fsp3) is 0.667. The van der Waals surface area contributed by atoms with Gasteiger partial charge in [0.1, 0.15) is 6.04 Å². The Kier molecular flexibility index (Phi) is 4.68. The molecule has 1 aromatic rings. The van der Waals surface area contributed by atoms with Gasteiger partial charge in [-0.15, -0.1) is 11.3 Å². The molecule has 18 heavy (non-hydrogen) atoms. The molecule has 100 valence electrons. The van der Waals surface area contributed by atoms with Crippen LogP contribution in [0.15, 0.2) is 5.51 Å². The number of carbonyl (C=O) groups is 1. The van der Waals surface area contributed by atoms with Crippen LogP contribution in [0.1, 0.15) is 23.0 Å². The van der Waals surface area contributed by atoms with Crippen LogP contribution < -0.4 is 5.32 Å². The predicted octanol–water partition coefficient (Wildman–Crippen LogP) is 0.961. The zero-order valence-electron chi connectivity index (χ0n) is 10.8. The van der Waals surface area contributed by atoms with Gasteiger partial charge in [-0.2, -0.15) is 0 Å². The fourth-order valence-corrected chi connectivity index (χ4v) is 3.15. The fourth-order valence-electron chi connectivity index (χ4n) is 2.23. The van der Waals surface area contributed by atoms with E-state index < -0.39 is 0 Å². The van der Waals surface area contributed by atoms with E-state index in [4.69, 9.17) is 4.74 Å². The van der Waals surface area contributed by atoms with Gasteiger partial charge in [0.05, 0.1) is 23.2 Å². The molecule has 1 fully saturated rings. The maximum absolute atomic E-state index is 12.1. The molecule has 0 aromatic carbocycles. The van der Waals surface area contributed by atoms with Crippen LogP contribution in [0.3, 0.4) is 0 Å². The summed E-state index contributed by atoms with van der Waals surface area (Å²) >= 11 is 1.53. The molecule has 0 bridgehead atoms. The van der Waals surface area contributed by atoms with E-state index in [1.807, 2.05) is 6.92 Å². The quantitative estimate of drug-likeness (QED) is 0.828. The van der Waals surface area contributed by atoms with Gasteiger partial charge in [-0.05, 0) is 19.9 Å². The Hall–Kier alpha value is -0.980. The number of esters is 1. The molecular formula is C12H19N3O2S. The summed E-state index contributed by atoms with van der Waals surface area (Å²) in [6.45, 7) is 5.62. The molecule has 1 aliphatic heterocycles. The number of ether oxygens (including phenoxy) is 1. The molecule has 1 aromatic heterocycles. The molecule has 6 heteroatoms. The van der Waals surface area contributed by atoms with E-state index in [0.29, 0.717) is 0 Å². The molecule has 1 N–H and O–H groups in total. The maximum atomic E-state index is 12.1. The number of hydrogen-bond acceptors (Lipinski definition) is 6. The molecule has 0 radical (unpaired) electrons. The average Bonchev–Trinajstić information content (AvgIpc) is 2.65. The van der Waals surface area contributed by atoms with Gasteiger partial charge < -0.3 is 10.1 Å². The van der Waals surface area contributed by atoms with Crippen molar-refractivity contribution in [1.29, 1.82) is 0 Å². The van der Waals surface area contributed by atoms with E-state index in [2.05, 4.69) is 15.2 Å². The molecule has 0 amide bonds. The van der Waals surface area contributed by atoms with Crippen LogP contribution in [-0.2, 0) is 9.53 Å². The topological polar surface area (TPSA) is 54.5 Å². The largest absolute Gasteiger partial charge is 0.468 e. The van der Waals surface area contributed by atoms with E-state index in [0.717, 1.165) is 43.2 Å². The molecule has 0 saturated carbocycles. The van der Waals surface area contributed by atoms with E-state index in [-0.39, 0.29) is 12.0 Å². The van der Waals surface area contributed by atoms with Crippen molar-refractivity contribution < 1.29 is 9.53 Å². The lowest BCUT2D eigenvalue weighted by atomic mass is 10.1. The van der Waals surface area contributed by atoms with Gasteiger partial charge in [-0.25, -0.2) is 9.78 Å². The number of thiazole rings is 1. The minimum atomic E-state index is -0.303. The van der Waals surface area contributed by atoms with Crippen molar-refractivity contribution >= 4 is 17.3 Å². The highest BCUT2D eigenvalue weighted by Crippen LogP contribution is 2.28. The Morgan fingerprint density at radius 3 is 3.06 bits per heavy atom. The number of aromatic nitrogens is 1. The molecule has 1 unspecified atom stereocenters. The van der Waals surface area contributed by atoms with Gasteiger partial charge in [0.2, 0.25) is 0 Å². The third-order valence-electron chi connectivity index (χ3n) is 3.20. The lowest BCUT2D eigenvalue weighted by Gasteiger charge is -2.27. The molecule has 2 heterocycles. The Labute approximate surface area is 111 Å². The van der Waals surface area contributed by atoms with Crippen LogP contribution in [0, 0.1) is 6.92 Å². The number of hydrogen-bond donors (Lipinski definition) is 1. The van der Waals surface area contributed by atoms with Crippen molar-refractivity contribution in [3.63, 3.8) is 0 Å². The van der Waals surface area contributed by atoms with Gasteiger partial charge in [-0.3, -0.25) is 4.90 Å².